The Morgan fingerprint density at radius 1 is 1.03 bits per heavy atom. The van der Waals surface area contributed by atoms with Gasteiger partial charge in [-0.3, -0.25) is 0 Å². The molecule has 1 aromatic carbocycles. The van der Waals surface area contributed by atoms with E-state index in [1.165, 1.54) is 37.3 Å². The zero-order valence-corrected chi connectivity index (χ0v) is 21.7. The molecular formula is C28H38F2O4. The average molecular weight is 477 g/mol. The number of benzene rings is 1. The van der Waals surface area contributed by atoms with Crippen molar-refractivity contribution in [2.24, 2.45) is 0 Å². The van der Waals surface area contributed by atoms with Crippen LogP contribution in [0, 0.1) is 0 Å². The Morgan fingerprint density at radius 2 is 1.62 bits per heavy atom. The van der Waals surface area contributed by atoms with Crippen molar-refractivity contribution in [3.63, 3.8) is 0 Å². The lowest BCUT2D eigenvalue weighted by Crippen LogP contribution is -2.34. The first-order valence-corrected chi connectivity index (χ1v) is 11.8. The molecule has 0 radical (unpaired) electrons. The summed E-state index contributed by atoms with van der Waals surface area (Å²) in [5.74, 6) is -2.06. The first kappa shape index (κ1) is 27.8. The second-order valence-corrected chi connectivity index (χ2v) is 9.94. The molecule has 0 aromatic heterocycles. The summed E-state index contributed by atoms with van der Waals surface area (Å²) in [4.78, 5) is 11.6. The third-order valence-electron chi connectivity index (χ3n) is 6.53. The molecule has 1 aromatic rings. The summed E-state index contributed by atoms with van der Waals surface area (Å²) < 4.78 is 45.3. The van der Waals surface area contributed by atoms with Gasteiger partial charge >= 0.3 is 5.97 Å². The highest BCUT2D eigenvalue weighted by Gasteiger charge is 2.38. The minimum absolute atomic E-state index is 0.00627. The van der Waals surface area contributed by atoms with E-state index in [9.17, 15) is 9.18 Å². The molecule has 0 atom stereocenters. The second-order valence-electron chi connectivity index (χ2n) is 9.94. The maximum atomic E-state index is 15.5. The van der Waals surface area contributed by atoms with Gasteiger partial charge in [0.2, 0.25) is 5.83 Å². The summed E-state index contributed by atoms with van der Waals surface area (Å²) in [6.07, 6.45) is 4.89. The highest BCUT2D eigenvalue weighted by molar-refractivity contribution is 5.87. The third-order valence-corrected chi connectivity index (χ3v) is 6.53. The summed E-state index contributed by atoms with van der Waals surface area (Å²) in [6, 6.07) is 4.05. The molecule has 4 nitrogen and oxygen atoms in total. The summed E-state index contributed by atoms with van der Waals surface area (Å²) in [7, 11) is 1.54. The van der Waals surface area contributed by atoms with E-state index >= 15 is 4.39 Å². The van der Waals surface area contributed by atoms with E-state index in [1.54, 1.807) is 6.92 Å². The van der Waals surface area contributed by atoms with Gasteiger partial charge in [0.1, 0.15) is 11.6 Å². The molecule has 0 bridgehead atoms. The number of carbonyl (C=O) groups is 1. The number of fused-ring (bicyclic) bond motifs is 1. The van der Waals surface area contributed by atoms with Crippen LogP contribution >= 0.6 is 0 Å². The van der Waals surface area contributed by atoms with E-state index in [2.05, 4.69) is 32.4 Å². The predicted octanol–water partition coefficient (Wildman–Crippen LogP) is 7.47. The topological polar surface area (TPSA) is 44.8 Å². The second kappa shape index (κ2) is 11.3. The quantitative estimate of drug-likeness (QED) is 0.160. The fourth-order valence-corrected chi connectivity index (χ4v) is 4.29. The lowest BCUT2D eigenvalue weighted by atomic mass is 9.62. The van der Waals surface area contributed by atoms with Crippen molar-refractivity contribution in [2.75, 3.05) is 20.5 Å². The highest BCUT2D eigenvalue weighted by Crippen LogP contribution is 2.49. The number of hydrogen-bond donors (Lipinski definition) is 0. The van der Waals surface area contributed by atoms with Crippen molar-refractivity contribution in [2.45, 2.75) is 78.6 Å². The van der Waals surface area contributed by atoms with Crippen LogP contribution in [0.15, 0.2) is 41.5 Å². The van der Waals surface area contributed by atoms with Gasteiger partial charge in [0.15, 0.2) is 6.79 Å². The summed E-state index contributed by atoms with van der Waals surface area (Å²) in [6.45, 7) is 13.8. The fraction of sp³-hybridized carbons (Fsp3) is 0.536. The van der Waals surface area contributed by atoms with Crippen LogP contribution in [0.4, 0.5) is 8.78 Å². The molecule has 1 aliphatic rings. The van der Waals surface area contributed by atoms with Crippen molar-refractivity contribution in [3.8, 4) is 5.75 Å². The maximum Gasteiger partial charge on any atom is 0.367 e. The lowest BCUT2D eigenvalue weighted by Gasteiger charge is -2.42. The number of ether oxygens (including phenoxy) is 3. The highest BCUT2D eigenvalue weighted by atomic mass is 19.1. The Morgan fingerprint density at radius 3 is 2.15 bits per heavy atom. The zero-order valence-electron chi connectivity index (χ0n) is 21.7. The van der Waals surface area contributed by atoms with Crippen LogP contribution in [0.1, 0.15) is 84.4 Å². The minimum atomic E-state index is -1.06. The molecule has 6 heteroatoms. The monoisotopic (exact) mass is 476 g/mol. The van der Waals surface area contributed by atoms with E-state index in [4.69, 9.17) is 9.47 Å². The molecule has 0 unspecified atom stereocenters. The molecule has 0 saturated heterocycles. The van der Waals surface area contributed by atoms with Gasteiger partial charge < -0.3 is 14.2 Å². The van der Waals surface area contributed by atoms with Crippen molar-refractivity contribution >= 4 is 11.5 Å². The Labute approximate surface area is 202 Å². The van der Waals surface area contributed by atoms with Crippen LogP contribution in [0.5, 0.6) is 5.75 Å². The van der Waals surface area contributed by atoms with E-state index < -0.39 is 17.6 Å². The summed E-state index contributed by atoms with van der Waals surface area (Å²) in [5.41, 5.74) is 3.36. The summed E-state index contributed by atoms with van der Waals surface area (Å²) >= 11 is 0. The van der Waals surface area contributed by atoms with Gasteiger partial charge in [0.25, 0.3) is 0 Å². The molecule has 34 heavy (non-hydrogen) atoms. The Balaban J connectivity index is 2.64. The van der Waals surface area contributed by atoms with Crippen LogP contribution in [0.25, 0.3) is 5.57 Å². The third kappa shape index (κ3) is 6.15. The number of rotatable bonds is 9. The number of allylic oxidation sites excluding steroid dienone is 5. The van der Waals surface area contributed by atoms with E-state index in [0.29, 0.717) is 23.3 Å². The molecule has 0 spiro atoms. The normalized spacial score (nSPS) is 18.2. The van der Waals surface area contributed by atoms with Gasteiger partial charge in [-0.25, -0.2) is 9.18 Å². The predicted molar refractivity (Wildman–Crippen MR) is 132 cm³/mol. The van der Waals surface area contributed by atoms with Crippen molar-refractivity contribution in [1.29, 1.82) is 0 Å². The Hall–Kier alpha value is -2.47. The molecule has 0 aliphatic heterocycles. The van der Waals surface area contributed by atoms with Crippen LogP contribution in [0.3, 0.4) is 0 Å². The smallest absolute Gasteiger partial charge is 0.367 e. The van der Waals surface area contributed by atoms with Gasteiger partial charge in [-0.2, -0.15) is 4.39 Å². The number of carbonyl (C=O) groups excluding carboxylic acids is 1. The molecule has 188 valence electrons. The van der Waals surface area contributed by atoms with Crippen molar-refractivity contribution in [3.05, 3.63) is 58.2 Å². The number of hydrogen-bond acceptors (Lipinski definition) is 4. The number of methoxy groups -OCH3 is 1. The van der Waals surface area contributed by atoms with Crippen LogP contribution in [-0.2, 0) is 25.1 Å². The molecular weight excluding hydrogens is 438 g/mol. The first-order chi connectivity index (χ1) is 15.9. The molecule has 2 rings (SSSR count). The zero-order chi connectivity index (χ0) is 25.7. The molecule has 0 fully saturated rings. The molecule has 1 aliphatic carbocycles. The SMILES string of the molecule is CCOC(=O)C(F)=C(C)C=CC(F)=C(CC)c1cc2c(cc1OCOC)C(C)(C)CCC2(C)C. The van der Waals surface area contributed by atoms with Gasteiger partial charge in [-0.15, -0.1) is 0 Å². The average Bonchev–Trinajstić information content (AvgIpc) is 2.79. The summed E-state index contributed by atoms with van der Waals surface area (Å²) in [5, 5.41) is 0. The van der Waals surface area contributed by atoms with E-state index in [-0.39, 0.29) is 29.8 Å². The van der Waals surface area contributed by atoms with Gasteiger partial charge in [-0.05, 0) is 84.4 Å². The van der Waals surface area contributed by atoms with E-state index in [0.717, 1.165) is 12.8 Å². The van der Waals surface area contributed by atoms with Crippen LogP contribution in [0.2, 0.25) is 0 Å². The van der Waals surface area contributed by atoms with Crippen LogP contribution in [-0.4, -0.2) is 26.5 Å². The minimum Gasteiger partial charge on any atom is -0.467 e. The molecule has 0 heterocycles. The van der Waals surface area contributed by atoms with Crippen molar-refractivity contribution in [1.82, 2.24) is 0 Å². The standard InChI is InChI=1S/C28H38F2O4/c1-9-19(23(29)12-11-18(3)25(30)26(31)33-10-2)20-15-21-22(16-24(20)34-17-32-8)28(6,7)14-13-27(21,4)5/h11-12,15-16H,9-10,13-14,17H2,1-8H3. The molecule has 0 N–H and O–H groups in total. The van der Waals surface area contributed by atoms with Gasteiger partial charge in [-0.1, -0.05) is 40.7 Å². The largest absolute Gasteiger partial charge is 0.467 e. The van der Waals surface area contributed by atoms with E-state index in [1.807, 2.05) is 19.1 Å². The number of esters is 1. The Kier molecular flexibility index (Phi) is 9.23. The number of halogens is 2. The van der Waals surface area contributed by atoms with Crippen molar-refractivity contribution < 1.29 is 27.8 Å². The molecule has 0 amide bonds. The lowest BCUT2D eigenvalue weighted by molar-refractivity contribution is -0.140. The first-order valence-electron chi connectivity index (χ1n) is 11.8. The Bertz CT molecular complexity index is 1000. The van der Waals surface area contributed by atoms with Gasteiger partial charge in [0.05, 0.1) is 6.61 Å². The fourth-order valence-electron chi connectivity index (χ4n) is 4.29. The van der Waals surface area contributed by atoms with Gasteiger partial charge in [0, 0.05) is 12.7 Å². The molecule has 0 saturated carbocycles. The van der Waals surface area contributed by atoms with Crippen LogP contribution < -0.4 is 4.74 Å². The maximum absolute atomic E-state index is 15.5.